The summed E-state index contributed by atoms with van der Waals surface area (Å²) < 4.78 is 11.8. The number of tetrazole rings is 1. The molecule has 3 aromatic carbocycles. The normalized spacial score (nSPS) is 15.5. The molecule has 0 unspecified atom stereocenters. The van der Waals surface area contributed by atoms with Gasteiger partial charge in [-0.3, -0.25) is 9.79 Å². The molecule has 43 heavy (non-hydrogen) atoms. The fourth-order valence-corrected chi connectivity index (χ4v) is 5.97. The number of anilines is 1. The maximum absolute atomic E-state index is 13.6. The molecule has 11 nitrogen and oxygen atoms in total. The highest BCUT2D eigenvalue weighted by Crippen LogP contribution is 2.41. The molecule has 6 rings (SSSR count). The molecule has 0 spiro atoms. The summed E-state index contributed by atoms with van der Waals surface area (Å²) in [7, 11) is 1.64. The van der Waals surface area contributed by atoms with Crippen LogP contribution in [0.2, 0.25) is 10.0 Å². The van der Waals surface area contributed by atoms with Gasteiger partial charge in [-0.05, 0) is 40.6 Å². The van der Waals surface area contributed by atoms with E-state index < -0.39 is 0 Å². The summed E-state index contributed by atoms with van der Waals surface area (Å²) in [5.74, 6) is 0.905. The van der Waals surface area contributed by atoms with Crippen LogP contribution < -0.4 is 15.4 Å². The lowest BCUT2D eigenvalue weighted by atomic mass is 9.97. The quantitative estimate of drug-likeness (QED) is 0.298. The number of amides is 1. The SMILES string of the molecule is CN=CC(=CN)c1cc(Cl)c(C(=O)N2COc3c(cccc3-c3ccc(-c4nn[nH]n4)c(N4CCOCC4)c3)C2)c(Cl)c1. The number of para-hydroxylation sites is 1. The number of nitrogens with two attached hydrogens (primary N) is 1. The first kappa shape index (κ1) is 28.7. The molecule has 1 saturated heterocycles. The van der Waals surface area contributed by atoms with E-state index in [1.165, 1.54) is 6.20 Å². The number of aromatic nitrogens is 4. The van der Waals surface area contributed by atoms with E-state index in [0.29, 0.717) is 36.7 Å². The highest BCUT2D eigenvalue weighted by molar-refractivity contribution is 6.40. The number of nitrogens with zero attached hydrogens (tertiary/aromatic N) is 6. The molecule has 0 aliphatic carbocycles. The van der Waals surface area contributed by atoms with Crippen LogP contribution in [-0.2, 0) is 11.3 Å². The third kappa shape index (κ3) is 5.66. The highest BCUT2D eigenvalue weighted by Gasteiger charge is 2.29. The van der Waals surface area contributed by atoms with Crippen molar-refractivity contribution in [2.75, 3.05) is 45.0 Å². The number of aromatic amines is 1. The summed E-state index contributed by atoms with van der Waals surface area (Å²) in [6, 6.07) is 15.3. The first-order chi connectivity index (χ1) is 21.0. The first-order valence-electron chi connectivity index (χ1n) is 13.6. The summed E-state index contributed by atoms with van der Waals surface area (Å²) >= 11 is 13.1. The van der Waals surface area contributed by atoms with Crippen molar-refractivity contribution in [2.24, 2.45) is 10.7 Å². The number of fused-ring (bicyclic) bond motifs is 1. The van der Waals surface area contributed by atoms with Crippen molar-refractivity contribution >= 4 is 46.6 Å². The van der Waals surface area contributed by atoms with Gasteiger partial charge in [0.1, 0.15) is 5.75 Å². The van der Waals surface area contributed by atoms with Gasteiger partial charge in [-0.1, -0.05) is 47.5 Å². The highest BCUT2D eigenvalue weighted by atomic mass is 35.5. The van der Waals surface area contributed by atoms with Gasteiger partial charge in [-0.2, -0.15) is 5.21 Å². The van der Waals surface area contributed by atoms with Crippen molar-refractivity contribution in [1.82, 2.24) is 25.5 Å². The smallest absolute Gasteiger partial charge is 0.259 e. The molecule has 0 radical (unpaired) electrons. The molecular formula is C30H28Cl2N8O3. The standard InChI is InChI=1S/C30H28Cl2N8O3/c1-34-15-21(14-33)20-11-24(31)27(25(32)12-20)30(41)40-16-19-3-2-4-22(28(19)43-17-40)18-5-6-23(29-35-37-38-36-29)26(13-18)39-7-9-42-10-8-39/h2-6,11-15H,7-10,16-17,33H2,1H3,(H,35,36,37,38). The maximum atomic E-state index is 13.6. The number of allylic oxidation sites excluding steroid dienone is 1. The molecule has 0 atom stereocenters. The molecular weight excluding hydrogens is 591 g/mol. The summed E-state index contributed by atoms with van der Waals surface area (Å²) in [6.45, 7) is 3.12. The molecule has 0 bridgehead atoms. The average molecular weight is 620 g/mol. The Kier molecular flexibility index (Phi) is 8.28. The molecule has 220 valence electrons. The van der Waals surface area contributed by atoms with Crippen LogP contribution in [0.15, 0.2) is 59.7 Å². The van der Waals surface area contributed by atoms with E-state index in [0.717, 1.165) is 46.8 Å². The molecule has 3 N–H and O–H groups in total. The molecule has 2 aliphatic rings. The van der Waals surface area contributed by atoms with Gasteiger partial charge in [0, 0.05) is 60.5 Å². The van der Waals surface area contributed by atoms with Gasteiger partial charge in [0.25, 0.3) is 5.91 Å². The number of halogens is 2. The van der Waals surface area contributed by atoms with Crippen LogP contribution in [0.25, 0.3) is 28.1 Å². The Morgan fingerprint density at radius 3 is 2.58 bits per heavy atom. The Bertz CT molecular complexity index is 1700. The fourth-order valence-electron chi connectivity index (χ4n) is 5.32. The number of carbonyl (C=O) groups excluding carboxylic acids is 1. The zero-order valence-electron chi connectivity index (χ0n) is 23.3. The Morgan fingerprint density at radius 2 is 1.88 bits per heavy atom. The molecule has 1 fully saturated rings. The summed E-state index contributed by atoms with van der Waals surface area (Å²) in [6.07, 6.45) is 3.01. The number of rotatable bonds is 6. The summed E-state index contributed by atoms with van der Waals surface area (Å²) in [5.41, 5.74) is 11.8. The van der Waals surface area contributed by atoms with E-state index in [1.807, 2.05) is 30.3 Å². The minimum atomic E-state index is -0.334. The number of aliphatic imine (C=N–C) groups is 1. The van der Waals surface area contributed by atoms with Crippen molar-refractivity contribution < 1.29 is 14.3 Å². The number of nitrogens with one attached hydrogen (secondary N) is 1. The monoisotopic (exact) mass is 618 g/mol. The minimum absolute atomic E-state index is 0.0327. The lowest BCUT2D eigenvalue weighted by Gasteiger charge is -2.32. The van der Waals surface area contributed by atoms with Gasteiger partial charge in [0.05, 0.1) is 35.4 Å². The number of ether oxygens (including phenoxy) is 2. The Labute approximate surface area is 257 Å². The molecule has 13 heteroatoms. The van der Waals surface area contributed by atoms with Gasteiger partial charge < -0.3 is 25.0 Å². The van der Waals surface area contributed by atoms with Crippen LogP contribution in [-0.4, -0.2) is 77.7 Å². The second-order valence-corrected chi connectivity index (χ2v) is 10.8. The number of carbonyl (C=O) groups is 1. The Balaban J connectivity index is 1.30. The molecule has 1 amide bonds. The van der Waals surface area contributed by atoms with Crippen LogP contribution in [0, 0.1) is 0 Å². The van der Waals surface area contributed by atoms with E-state index in [9.17, 15) is 4.79 Å². The molecule has 3 heterocycles. The lowest BCUT2D eigenvalue weighted by Crippen LogP contribution is -2.37. The topological polar surface area (TPSA) is 135 Å². The van der Waals surface area contributed by atoms with E-state index in [4.69, 9.17) is 38.4 Å². The van der Waals surface area contributed by atoms with Crippen molar-refractivity contribution in [3.63, 3.8) is 0 Å². The van der Waals surface area contributed by atoms with Gasteiger partial charge in [-0.25, -0.2) is 0 Å². The first-order valence-corrected chi connectivity index (χ1v) is 14.3. The van der Waals surface area contributed by atoms with Crippen LogP contribution in [0.3, 0.4) is 0 Å². The van der Waals surface area contributed by atoms with Crippen molar-refractivity contribution in [1.29, 1.82) is 0 Å². The third-order valence-electron chi connectivity index (χ3n) is 7.39. The average Bonchev–Trinajstić information content (AvgIpc) is 3.58. The molecule has 4 aromatic rings. The van der Waals surface area contributed by atoms with Crippen molar-refractivity contribution in [3.05, 3.63) is 81.5 Å². The molecule has 2 aliphatic heterocycles. The second kappa shape index (κ2) is 12.4. The van der Waals surface area contributed by atoms with Gasteiger partial charge in [0.15, 0.2) is 6.73 Å². The number of morpholine rings is 1. The third-order valence-corrected chi connectivity index (χ3v) is 7.99. The van der Waals surface area contributed by atoms with Crippen LogP contribution in [0.5, 0.6) is 5.75 Å². The molecule has 0 saturated carbocycles. The molecule has 1 aromatic heterocycles. The van der Waals surface area contributed by atoms with Crippen molar-refractivity contribution in [2.45, 2.75) is 6.54 Å². The zero-order valence-corrected chi connectivity index (χ0v) is 24.8. The number of H-pyrrole nitrogens is 1. The van der Waals surface area contributed by atoms with Gasteiger partial charge in [0.2, 0.25) is 5.82 Å². The van der Waals surface area contributed by atoms with Crippen LogP contribution in [0.4, 0.5) is 5.69 Å². The van der Waals surface area contributed by atoms with Gasteiger partial charge in [-0.15, -0.1) is 10.2 Å². The predicted octanol–water partition coefficient (Wildman–Crippen LogP) is 4.67. The Morgan fingerprint density at radius 1 is 1.09 bits per heavy atom. The number of hydrogen-bond acceptors (Lipinski definition) is 9. The van der Waals surface area contributed by atoms with Gasteiger partial charge >= 0.3 is 0 Å². The number of benzene rings is 3. The second-order valence-electron chi connectivity index (χ2n) is 9.96. The van der Waals surface area contributed by atoms with E-state index in [-0.39, 0.29) is 28.2 Å². The van der Waals surface area contributed by atoms with Crippen LogP contribution >= 0.6 is 23.2 Å². The predicted molar refractivity (Wildman–Crippen MR) is 166 cm³/mol. The van der Waals surface area contributed by atoms with E-state index >= 15 is 0 Å². The largest absolute Gasteiger partial charge is 0.472 e. The Hall–Kier alpha value is -4.45. The summed E-state index contributed by atoms with van der Waals surface area (Å²) in [4.78, 5) is 21.5. The van der Waals surface area contributed by atoms with Crippen LogP contribution in [0.1, 0.15) is 21.5 Å². The van der Waals surface area contributed by atoms with E-state index in [1.54, 1.807) is 30.3 Å². The number of hydrogen-bond donors (Lipinski definition) is 2. The lowest BCUT2D eigenvalue weighted by molar-refractivity contribution is 0.0516. The zero-order chi connectivity index (χ0) is 29.9. The summed E-state index contributed by atoms with van der Waals surface area (Å²) in [5, 5.41) is 15.1. The van der Waals surface area contributed by atoms with E-state index in [2.05, 4.69) is 36.6 Å². The minimum Gasteiger partial charge on any atom is -0.472 e. The maximum Gasteiger partial charge on any atom is 0.259 e. The fraction of sp³-hybridized carbons (Fsp3) is 0.233. The van der Waals surface area contributed by atoms with Crippen molar-refractivity contribution in [3.8, 4) is 28.3 Å².